The second kappa shape index (κ2) is 10.3. The van der Waals surface area contributed by atoms with Crippen LogP contribution in [0, 0.1) is 0 Å². The van der Waals surface area contributed by atoms with Crippen molar-refractivity contribution in [2.24, 2.45) is 0 Å². The average molecular weight is 500 g/mol. The number of nitrogens with zero attached hydrogens (tertiary/aromatic N) is 2. The molecule has 0 amide bonds. The molecule has 6 nitrogen and oxygen atoms in total. The first-order chi connectivity index (χ1) is 18.0. The predicted octanol–water partition coefficient (Wildman–Crippen LogP) is 5.73. The monoisotopic (exact) mass is 499 g/mol. The molecular weight excluding hydrogens is 464 g/mol. The van der Waals surface area contributed by atoms with Crippen LogP contribution in [0.1, 0.15) is 57.4 Å². The summed E-state index contributed by atoms with van der Waals surface area (Å²) in [4.78, 5) is 15.2. The van der Waals surface area contributed by atoms with Gasteiger partial charge in [0.25, 0.3) is 0 Å². The first kappa shape index (κ1) is 24.9. The van der Waals surface area contributed by atoms with E-state index < -0.39 is 5.63 Å². The van der Waals surface area contributed by atoms with Gasteiger partial charge >= 0.3 is 5.63 Å². The Morgan fingerprint density at radius 2 is 1.76 bits per heavy atom. The lowest BCUT2D eigenvalue weighted by atomic mass is 9.89. The molecule has 0 radical (unpaired) electrons. The topological polar surface area (TPSA) is 69.8 Å². The van der Waals surface area contributed by atoms with Crippen LogP contribution in [0.4, 0.5) is 5.69 Å². The predicted molar refractivity (Wildman–Crippen MR) is 150 cm³/mol. The summed E-state index contributed by atoms with van der Waals surface area (Å²) in [5.41, 5.74) is 4.05. The molecule has 2 aliphatic carbocycles. The third-order valence-electron chi connectivity index (χ3n) is 7.49. The van der Waals surface area contributed by atoms with Crippen LogP contribution in [0.3, 0.4) is 0 Å². The van der Waals surface area contributed by atoms with Crippen LogP contribution in [0.2, 0.25) is 0 Å². The van der Waals surface area contributed by atoms with E-state index in [1.165, 1.54) is 0 Å². The summed E-state index contributed by atoms with van der Waals surface area (Å²) in [5.74, 6) is 1.54. The second-order valence-electron chi connectivity index (χ2n) is 9.52. The lowest BCUT2D eigenvalue weighted by Gasteiger charge is -2.21. The van der Waals surface area contributed by atoms with Gasteiger partial charge in [-0.05, 0) is 88.4 Å². The SMILES string of the molecule is CCN(CC)c1ccc2c(O)c(C=C3CCCc4cc5ccc(=[N+](CC)CC)cc-5oc43)c(=O)oc2c1. The van der Waals surface area contributed by atoms with Crippen molar-refractivity contribution in [3.63, 3.8) is 0 Å². The van der Waals surface area contributed by atoms with Crippen LogP contribution in [-0.4, -0.2) is 31.3 Å². The standard InChI is InChI=1S/C31H34N2O4/c1-5-32(6-2)23-13-12-20-16-21-10-9-11-22(30(21)36-27(20)18-23)17-26-29(34)25-15-14-24(33(7-3)8-4)19-28(25)37-31(26)35/h12-19H,5-11H2,1-4H3/p+1. The van der Waals surface area contributed by atoms with Gasteiger partial charge in [-0.3, -0.25) is 0 Å². The van der Waals surface area contributed by atoms with Crippen molar-refractivity contribution in [2.45, 2.75) is 47.0 Å². The Balaban J connectivity index is 1.64. The average Bonchev–Trinajstić information content (AvgIpc) is 2.91. The molecule has 0 fully saturated rings. The molecule has 1 aliphatic heterocycles. The molecule has 3 aliphatic rings. The third-order valence-corrected chi connectivity index (χ3v) is 7.49. The third kappa shape index (κ3) is 4.57. The molecule has 2 aromatic rings. The number of allylic oxidation sites excluding steroid dienone is 1. The zero-order valence-electron chi connectivity index (χ0n) is 22.1. The van der Waals surface area contributed by atoms with Gasteiger partial charge in [-0.1, -0.05) is 0 Å². The van der Waals surface area contributed by atoms with Crippen LogP contribution in [-0.2, 0) is 6.42 Å². The molecule has 6 heteroatoms. The number of benzene rings is 2. The number of aryl methyl sites for hydroxylation is 1. The first-order valence-electron chi connectivity index (χ1n) is 13.4. The summed E-state index contributed by atoms with van der Waals surface area (Å²) in [6, 6.07) is 14.1. The van der Waals surface area contributed by atoms with Crippen molar-refractivity contribution >= 4 is 28.3 Å². The zero-order valence-corrected chi connectivity index (χ0v) is 22.1. The molecule has 0 bridgehead atoms. The van der Waals surface area contributed by atoms with Gasteiger partial charge in [0.2, 0.25) is 5.36 Å². The molecule has 0 saturated heterocycles. The highest BCUT2D eigenvalue weighted by molar-refractivity contribution is 5.92. The lowest BCUT2D eigenvalue weighted by molar-refractivity contribution is 0.466. The quantitative estimate of drug-likeness (QED) is 0.271. The van der Waals surface area contributed by atoms with Crippen molar-refractivity contribution in [1.82, 2.24) is 4.58 Å². The Bertz CT molecular complexity index is 1580. The Labute approximate surface area is 217 Å². The van der Waals surface area contributed by atoms with Gasteiger partial charge in [0.1, 0.15) is 41.5 Å². The van der Waals surface area contributed by atoms with E-state index in [0.717, 1.165) is 84.7 Å². The minimum absolute atomic E-state index is 0.0541. The Hall–Kier alpha value is -3.80. The van der Waals surface area contributed by atoms with E-state index in [1.807, 2.05) is 18.2 Å². The van der Waals surface area contributed by atoms with E-state index in [9.17, 15) is 9.90 Å². The molecular formula is C31H35N2O4+. The van der Waals surface area contributed by atoms with Crippen LogP contribution >= 0.6 is 0 Å². The fraction of sp³-hybridized carbons (Fsp3) is 0.355. The smallest absolute Gasteiger partial charge is 0.347 e. The van der Waals surface area contributed by atoms with E-state index in [2.05, 4.69) is 61.4 Å². The van der Waals surface area contributed by atoms with E-state index in [0.29, 0.717) is 11.0 Å². The molecule has 1 aromatic carbocycles. The summed E-state index contributed by atoms with van der Waals surface area (Å²) >= 11 is 0. The molecule has 37 heavy (non-hydrogen) atoms. The maximum atomic E-state index is 13.0. The van der Waals surface area contributed by atoms with Gasteiger partial charge in [-0.15, -0.1) is 0 Å². The summed E-state index contributed by atoms with van der Waals surface area (Å²) in [6.07, 6.45) is 4.37. The lowest BCUT2D eigenvalue weighted by Crippen LogP contribution is -2.29. The minimum Gasteiger partial charge on any atom is -0.506 e. The molecule has 1 N–H and O–H groups in total. The highest BCUT2D eigenvalue weighted by atomic mass is 16.4. The van der Waals surface area contributed by atoms with Gasteiger partial charge in [0.05, 0.1) is 11.5 Å². The first-order valence-corrected chi connectivity index (χ1v) is 13.4. The molecule has 2 heterocycles. The highest BCUT2D eigenvalue weighted by Gasteiger charge is 2.22. The summed E-state index contributed by atoms with van der Waals surface area (Å²) in [5, 5.41) is 12.8. The van der Waals surface area contributed by atoms with Gasteiger partial charge in [-0.25, -0.2) is 9.37 Å². The number of rotatable bonds is 6. The van der Waals surface area contributed by atoms with Crippen molar-refractivity contribution in [2.75, 3.05) is 31.1 Å². The van der Waals surface area contributed by atoms with Crippen LogP contribution in [0.15, 0.2) is 56.1 Å². The fourth-order valence-electron chi connectivity index (χ4n) is 5.40. The van der Waals surface area contributed by atoms with Gasteiger partial charge in [0.15, 0.2) is 0 Å². The van der Waals surface area contributed by atoms with E-state index >= 15 is 0 Å². The highest BCUT2D eigenvalue weighted by Crippen LogP contribution is 2.38. The zero-order chi connectivity index (χ0) is 26.1. The van der Waals surface area contributed by atoms with Gasteiger partial charge in [-0.2, -0.15) is 0 Å². The summed E-state index contributed by atoms with van der Waals surface area (Å²) in [6.45, 7) is 12.0. The van der Waals surface area contributed by atoms with Gasteiger partial charge < -0.3 is 18.8 Å². The Morgan fingerprint density at radius 1 is 0.973 bits per heavy atom. The molecule has 0 atom stereocenters. The van der Waals surface area contributed by atoms with Crippen LogP contribution in [0.25, 0.3) is 33.9 Å². The molecule has 0 spiro atoms. The van der Waals surface area contributed by atoms with Crippen LogP contribution < -0.4 is 20.5 Å². The fourth-order valence-corrected chi connectivity index (χ4v) is 5.40. The number of aromatic hydroxyl groups is 1. The van der Waals surface area contributed by atoms with E-state index in [-0.39, 0.29) is 11.3 Å². The van der Waals surface area contributed by atoms with E-state index in [1.54, 1.807) is 6.08 Å². The van der Waals surface area contributed by atoms with Crippen molar-refractivity contribution in [1.29, 1.82) is 0 Å². The number of fused-ring (bicyclic) bond motifs is 3. The molecule has 0 saturated carbocycles. The van der Waals surface area contributed by atoms with Crippen molar-refractivity contribution in [3.8, 4) is 17.1 Å². The minimum atomic E-state index is -0.550. The Morgan fingerprint density at radius 3 is 2.49 bits per heavy atom. The molecule has 5 rings (SSSR count). The van der Waals surface area contributed by atoms with E-state index in [4.69, 9.17) is 8.83 Å². The van der Waals surface area contributed by atoms with Crippen molar-refractivity contribution in [3.05, 3.63) is 75.1 Å². The summed E-state index contributed by atoms with van der Waals surface area (Å²) in [7, 11) is 0. The normalized spacial score (nSPS) is 14.3. The number of hydrogen-bond donors (Lipinski definition) is 1. The second-order valence-corrected chi connectivity index (χ2v) is 9.52. The summed E-state index contributed by atoms with van der Waals surface area (Å²) < 4.78 is 14.5. The maximum absolute atomic E-state index is 13.0. The molecule has 0 unspecified atom stereocenters. The number of anilines is 1. The van der Waals surface area contributed by atoms with Gasteiger partial charge in [0, 0.05) is 36.5 Å². The maximum Gasteiger partial charge on any atom is 0.347 e. The van der Waals surface area contributed by atoms with Crippen molar-refractivity contribution < 1.29 is 13.9 Å². The molecule has 192 valence electrons. The number of hydrogen-bond acceptors (Lipinski definition) is 5. The van der Waals surface area contributed by atoms with Crippen LogP contribution in [0.5, 0.6) is 5.75 Å². The largest absolute Gasteiger partial charge is 0.506 e. The molecule has 1 aromatic heterocycles. The Kier molecular flexibility index (Phi) is 6.92.